The first-order valence-electron chi connectivity index (χ1n) is 8.99. The summed E-state index contributed by atoms with van der Waals surface area (Å²) in [6.07, 6.45) is 4.65. The first-order valence-corrected chi connectivity index (χ1v) is 8.99. The average Bonchev–Trinajstić information content (AvgIpc) is 2.66. The summed E-state index contributed by atoms with van der Waals surface area (Å²) in [5.41, 5.74) is 0.753. The van der Waals surface area contributed by atoms with Crippen molar-refractivity contribution < 1.29 is 9.69 Å². The Bertz CT molecular complexity index is 769. The highest BCUT2D eigenvalue weighted by Crippen LogP contribution is 2.27. The van der Waals surface area contributed by atoms with Crippen LogP contribution in [0.4, 0.5) is 0 Å². The lowest BCUT2D eigenvalue weighted by Gasteiger charge is -2.46. The van der Waals surface area contributed by atoms with Crippen LogP contribution < -0.4 is 10.2 Å². The molecule has 3 nitrogen and oxygen atoms in total. The Kier molecular flexibility index (Phi) is 4.11. The summed E-state index contributed by atoms with van der Waals surface area (Å²) in [5, 5.41) is 5.45. The zero-order valence-electron chi connectivity index (χ0n) is 14.0. The number of fused-ring (bicyclic) bond motifs is 4. The standard InChI is InChI=1S/C21H24N2O/c1-2-15-14-23-10-9-18(15)12-20(23)13-22-21(24)19-8-7-16-5-3-4-6-17(16)11-19/h2-8,11,15,18,20H,1,9-10,12-14H2,(H,22,24)/p+1/t15-,18-,20+/m0/s1. The van der Waals surface area contributed by atoms with Crippen LogP contribution in [-0.4, -0.2) is 31.6 Å². The van der Waals surface area contributed by atoms with Crippen LogP contribution in [0.3, 0.4) is 0 Å². The molecule has 3 heterocycles. The minimum Gasteiger partial charge on any atom is -0.346 e. The monoisotopic (exact) mass is 321 g/mol. The van der Waals surface area contributed by atoms with Gasteiger partial charge < -0.3 is 10.2 Å². The van der Waals surface area contributed by atoms with E-state index in [9.17, 15) is 4.79 Å². The summed E-state index contributed by atoms with van der Waals surface area (Å²) in [6.45, 7) is 7.19. The normalized spacial score (nSPS) is 28.7. The van der Waals surface area contributed by atoms with Crippen LogP contribution in [0.15, 0.2) is 55.1 Å². The van der Waals surface area contributed by atoms with Crippen molar-refractivity contribution in [3.8, 4) is 0 Å². The number of amides is 1. The fraction of sp³-hybridized carbons (Fsp3) is 0.381. The van der Waals surface area contributed by atoms with Gasteiger partial charge in [-0.3, -0.25) is 4.79 Å². The molecule has 124 valence electrons. The third-order valence-corrected chi connectivity index (χ3v) is 5.93. The fourth-order valence-electron chi connectivity index (χ4n) is 4.50. The number of benzene rings is 2. The molecule has 5 rings (SSSR count). The molecule has 2 bridgehead atoms. The van der Waals surface area contributed by atoms with Gasteiger partial charge in [0.2, 0.25) is 0 Å². The van der Waals surface area contributed by atoms with Gasteiger partial charge in [-0.15, -0.1) is 6.58 Å². The van der Waals surface area contributed by atoms with Gasteiger partial charge in [-0.1, -0.05) is 36.4 Å². The molecular weight excluding hydrogens is 296 g/mol. The van der Waals surface area contributed by atoms with E-state index in [1.165, 1.54) is 31.3 Å². The SMILES string of the molecule is C=C[C@H]1C[NH+]2CC[C@H]1C[C@@H]2CNC(=O)c1ccc2ccccc2c1. The Morgan fingerprint density at radius 2 is 2.08 bits per heavy atom. The van der Waals surface area contributed by atoms with E-state index in [1.54, 1.807) is 4.90 Å². The van der Waals surface area contributed by atoms with Gasteiger partial charge in [-0.25, -0.2) is 0 Å². The van der Waals surface area contributed by atoms with E-state index in [-0.39, 0.29) is 5.91 Å². The maximum absolute atomic E-state index is 12.5. The number of rotatable bonds is 4. The first-order chi connectivity index (χ1) is 11.7. The number of nitrogens with one attached hydrogen (secondary N) is 2. The molecule has 3 saturated heterocycles. The number of piperidine rings is 3. The summed E-state index contributed by atoms with van der Waals surface area (Å²) in [5.74, 6) is 1.48. The summed E-state index contributed by atoms with van der Waals surface area (Å²) in [7, 11) is 0. The number of carbonyl (C=O) groups is 1. The molecule has 3 heteroatoms. The van der Waals surface area contributed by atoms with Crippen molar-refractivity contribution in [2.24, 2.45) is 11.8 Å². The van der Waals surface area contributed by atoms with E-state index in [4.69, 9.17) is 0 Å². The van der Waals surface area contributed by atoms with E-state index in [2.05, 4.69) is 30.1 Å². The Morgan fingerprint density at radius 3 is 2.83 bits per heavy atom. The molecule has 3 aliphatic rings. The van der Waals surface area contributed by atoms with E-state index in [1.807, 2.05) is 30.3 Å². The predicted molar refractivity (Wildman–Crippen MR) is 97.2 cm³/mol. The largest absolute Gasteiger partial charge is 0.346 e. The number of carbonyl (C=O) groups excluding carboxylic acids is 1. The molecular formula is C21H25N2O+. The summed E-state index contributed by atoms with van der Waals surface area (Å²) in [4.78, 5) is 14.2. The molecule has 0 radical (unpaired) electrons. The van der Waals surface area contributed by atoms with Crippen LogP contribution in [0.1, 0.15) is 23.2 Å². The van der Waals surface area contributed by atoms with Crippen molar-refractivity contribution in [3.63, 3.8) is 0 Å². The lowest BCUT2D eigenvalue weighted by molar-refractivity contribution is -0.944. The van der Waals surface area contributed by atoms with Gasteiger partial charge in [0.15, 0.2) is 0 Å². The van der Waals surface area contributed by atoms with Gasteiger partial charge in [-0.05, 0) is 28.8 Å². The van der Waals surface area contributed by atoms with E-state index in [0.29, 0.717) is 12.0 Å². The van der Waals surface area contributed by atoms with Crippen LogP contribution in [0.25, 0.3) is 10.8 Å². The quantitative estimate of drug-likeness (QED) is 0.830. The molecule has 4 atom stereocenters. The van der Waals surface area contributed by atoms with Crippen LogP contribution in [0.5, 0.6) is 0 Å². The minimum absolute atomic E-state index is 0.0445. The predicted octanol–water partition coefficient (Wildman–Crippen LogP) is 2.05. The van der Waals surface area contributed by atoms with Gasteiger partial charge in [-0.2, -0.15) is 0 Å². The van der Waals surface area contributed by atoms with Crippen molar-refractivity contribution >= 4 is 16.7 Å². The van der Waals surface area contributed by atoms with Crippen molar-refractivity contribution in [2.45, 2.75) is 18.9 Å². The maximum atomic E-state index is 12.5. The lowest BCUT2D eigenvalue weighted by Crippen LogP contribution is -3.20. The zero-order valence-corrected chi connectivity index (χ0v) is 14.0. The second-order valence-corrected chi connectivity index (χ2v) is 7.27. The highest BCUT2D eigenvalue weighted by Gasteiger charge is 2.42. The van der Waals surface area contributed by atoms with Gasteiger partial charge >= 0.3 is 0 Å². The molecule has 24 heavy (non-hydrogen) atoms. The van der Waals surface area contributed by atoms with Crippen molar-refractivity contribution in [1.82, 2.24) is 5.32 Å². The molecule has 2 aromatic carbocycles. The van der Waals surface area contributed by atoms with Gasteiger partial charge in [0.05, 0.1) is 19.6 Å². The van der Waals surface area contributed by atoms with E-state index < -0.39 is 0 Å². The Balaban J connectivity index is 1.40. The second-order valence-electron chi connectivity index (χ2n) is 7.27. The molecule has 2 N–H and O–H groups in total. The minimum atomic E-state index is 0.0445. The van der Waals surface area contributed by atoms with E-state index in [0.717, 1.165) is 23.4 Å². The zero-order chi connectivity index (χ0) is 16.5. The molecule has 0 aliphatic carbocycles. The van der Waals surface area contributed by atoms with Crippen LogP contribution in [0, 0.1) is 11.8 Å². The van der Waals surface area contributed by atoms with Gasteiger partial charge in [0, 0.05) is 24.3 Å². The van der Waals surface area contributed by atoms with Crippen LogP contribution >= 0.6 is 0 Å². The van der Waals surface area contributed by atoms with Crippen LogP contribution in [-0.2, 0) is 0 Å². The molecule has 1 unspecified atom stereocenters. The second kappa shape index (κ2) is 6.40. The molecule has 0 saturated carbocycles. The van der Waals surface area contributed by atoms with Crippen molar-refractivity contribution in [2.75, 3.05) is 19.6 Å². The third-order valence-electron chi connectivity index (χ3n) is 5.93. The third kappa shape index (κ3) is 2.84. The smallest absolute Gasteiger partial charge is 0.251 e. The molecule has 2 aromatic rings. The highest BCUT2D eigenvalue weighted by molar-refractivity contribution is 5.98. The molecule has 0 aromatic heterocycles. The summed E-state index contributed by atoms with van der Waals surface area (Å²) < 4.78 is 0. The van der Waals surface area contributed by atoms with E-state index >= 15 is 0 Å². The Hall–Kier alpha value is -2.13. The Morgan fingerprint density at radius 1 is 1.25 bits per heavy atom. The van der Waals surface area contributed by atoms with Crippen molar-refractivity contribution in [1.29, 1.82) is 0 Å². The molecule has 3 fully saturated rings. The molecule has 3 aliphatic heterocycles. The van der Waals surface area contributed by atoms with Crippen LogP contribution in [0.2, 0.25) is 0 Å². The molecule has 0 spiro atoms. The first kappa shape index (κ1) is 15.4. The average molecular weight is 321 g/mol. The number of quaternary nitrogens is 1. The maximum Gasteiger partial charge on any atom is 0.251 e. The molecule has 1 amide bonds. The number of hydrogen-bond acceptors (Lipinski definition) is 1. The number of hydrogen-bond donors (Lipinski definition) is 2. The van der Waals surface area contributed by atoms with Gasteiger partial charge in [0.1, 0.15) is 6.04 Å². The summed E-state index contributed by atoms with van der Waals surface area (Å²) >= 11 is 0. The van der Waals surface area contributed by atoms with Crippen molar-refractivity contribution in [3.05, 3.63) is 60.7 Å². The lowest BCUT2D eigenvalue weighted by atomic mass is 9.75. The fourth-order valence-corrected chi connectivity index (χ4v) is 4.50. The highest BCUT2D eigenvalue weighted by atomic mass is 16.1. The topological polar surface area (TPSA) is 33.5 Å². The van der Waals surface area contributed by atoms with Gasteiger partial charge in [0.25, 0.3) is 5.91 Å². The Labute approximate surface area is 143 Å². The summed E-state index contributed by atoms with van der Waals surface area (Å²) in [6, 6.07) is 14.6.